The maximum absolute atomic E-state index is 12.3. The van der Waals surface area contributed by atoms with Gasteiger partial charge in [0, 0.05) is 24.0 Å². The molecular weight excluding hydrogens is 280 g/mol. The summed E-state index contributed by atoms with van der Waals surface area (Å²) in [6, 6.07) is 5.28. The molecule has 1 aliphatic rings. The van der Waals surface area contributed by atoms with Crippen LogP contribution in [-0.2, 0) is 16.4 Å². The van der Waals surface area contributed by atoms with E-state index in [1.807, 2.05) is 19.2 Å². The Morgan fingerprint density at radius 1 is 1.47 bits per heavy atom. The number of sulfonamides is 1. The summed E-state index contributed by atoms with van der Waals surface area (Å²) < 4.78 is 27.2. The Morgan fingerprint density at radius 2 is 2.26 bits per heavy atom. The summed E-state index contributed by atoms with van der Waals surface area (Å²) in [5.41, 5.74) is 2.15. The Morgan fingerprint density at radius 3 is 3.00 bits per heavy atom. The molecule has 0 fully saturated rings. The zero-order valence-corrected chi connectivity index (χ0v) is 12.9. The van der Waals surface area contributed by atoms with Crippen molar-refractivity contribution in [1.82, 2.24) is 4.72 Å². The van der Waals surface area contributed by atoms with Crippen molar-refractivity contribution in [3.05, 3.63) is 23.8 Å². The summed E-state index contributed by atoms with van der Waals surface area (Å²) in [7, 11) is -3.42. The number of nitrogens with one attached hydrogen (secondary N) is 2. The van der Waals surface area contributed by atoms with Gasteiger partial charge in [-0.2, -0.15) is 11.8 Å². The number of hydrogen-bond acceptors (Lipinski definition) is 4. The molecule has 6 heteroatoms. The average Bonchev–Trinajstić information content (AvgIpc) is 2.37. The summed E-state index contributed by atoms with van der Waals surface area (Å²) in [6.45, 7) is 2.79. The number of fused-ring (bicyclic) bond motifs is 1. The molecule has 2 rings (SSSR count). The van der Waals surface area contributed by atoms with Gasteiger partial charge in [0.05, 0.1) is 4.90 Å². The third-order valence-electron chi connectivity index (χ3n) is 3.10. The van der Waals surface area contributed by atoms with Crippen LogP contribution in [-0.4, -0.2) is 33.0 Å². The largest absolute Gasteiger partial charge is 0.385 e. The molecule has 1 atom stereocenters. The monoisotopic (exact) mass is 300 g/mol. The maximum atomic E-state index is 12.3. The molecule has 0 saturated carbocycles. The number of aryl methyl sites for hydroxylation is 1. The number of rotatable bonds is 5. The number of thioether (sulfide) groups is 1. The quantitative estimate of drug-likeness (QED) is 0.874. The Labute approximate surface area is 119 Å². The van der Waals surface area contributed by atoms with Crippen molar-refractivity contribution in [1.29, 1.82) is 0 Å². The molecule has 106 valence electrons. The second kappa shape index (κ2) is 6.15. The minimum Gasteiger partial charge on any atom is -0.385 e. The molecule has 0 saturated heterocycles. The molecule has 0 bridgehead atoms. The van der Waals surface area contributed by atoms with E-state index in [9.17, 15) is 8.42 Å². The summed E-state index contributed by atoms with van der Waals surface area (Å²) >= 11 is 1.63. The number of benzene rings is 1. The highest BCUT2D eigenvalue weighted by Gasteiger charge is 2.19. The molecule has 0 aliphatic carbocycles. The van der Waals surface area contributed by atoms with Gasteiger partial charge in [-0.05, 0) is 43.7 Å². The summed E-state index contributed by atoms with van der Waals surface area (Å²) in [5, 5.41) is 3.26. The smallest absolute Gasteiger partial charge is 0.240 e. The molecule has 1 aliphatic heterocycles. The molecule has 4 nitrogen and oxygen atoms in total. The van der Waals surface area contributed by atoms with E-state index in [1.54, 1.807) is 23.9 Å². The first kappa shape index (κ1) is 14.7. The van der Waals surface area contributed by atoms with E-state index in [1.165, 1.54) is 5.56 Å². The van der Waals surface area contributed by atoms with Gasteiger partial charge in [0.25, 0.3) is 0 Å². The van der Waals surface area contributed by atoms with Gasteiger partial charge in [-0.3, -0.25) is 0 Å². The normalized spacial score (nSPS) is 16.5. The standard InChI is InChI=1S/C13H20N2O2S2/c1-10(9-18-2)15-19(16,17)12-6-5-11-4-3-7-14-13(11)8-12/h5-6,8,10,14-15H,3-4,7,9H2,1-2H3. The molecule has 0 aromatic heterocycles. The summed E-state index contributed by atoms with van der Waals surface area (Å²) in [6.07, 6.45) is 4.08. The van der Waals surface area contributed by atoms with Crippen molar-refractivity contribution >= 4 is 27.5 Å². The second-order valence-corrected chi connectivity index (χ2v) is 7.45. The van der Waals surface area contributed by atoms with Crippen LogP contribution in [0.15, 0.2) is 23.1 Å². The van der Waals surface area contributed by atoms with E-state index in [0.29, 0.717) is 4.90 Å². The fourth-order valence-electron chi connectivity index (χ4n) is 2.22. The minimum atomic E-state index is -3.42. The Balaban J connectivity index is 2.21. The van der Waals surface area contributed by atoms with E-state index in [0.717, 1.165) is 30.8 Å². The van der Waals surface area contributed by atoms with Gasteiger partial charge in [-0.1, -0.05) is 6.07 Å². The van der Waals surface area contributed by atoms with E-state index >= 15 is 0 Å². The molecule has 1 aromatic rings. The van der Waals surface area contributed by atoms with E-state index < -0.39 is 10.0 Å². The van der Waals surface area contributed by atoms with Crippen LogP contribution in [0, 0.1) is 0 Å². The van der Waals surface area contributed by atoms with E-state index in [-0.39, 0.29) is 6.04 Å². The van der Waals surface area contributed by atoms with Crippen molar-refractivity contribution in [3.63, 3.8) is 0 Å². The first-order valence-electron chi connectivity index (χ1n) is 6.41. The summed E-state index contributed by atoms with van der Waals surface area (Å²) in [5.74, 6) is 0.766. The molecule has 1 aromatic carbocycles. The molecule has 0 spiro atoms. The molecular formula is C13H20N2O2S2. The Kier molecular flexibility index (Phi) is 4.76. The molecule has 1 unspecified atom stereocenters. The van der Waals surface area contributed by atoms with Crippen LogP contribution in [0.25, 0.3) is 0 Å². The van der Waals surface area contributed by atoms with Crippen LogP contribution in [0.5, 0.6) is 0 Å². The van der Waals surface area contributed by atoms with Gasteiger partial charge in [-0.15, -0.1) is 0 Å². The first-order chi connectivity index (χ1) is 9.03. The first-order valence-corrected chi connectivity index (χ1v) is 9.28. The van der Waals surface area contributed by atoms with Crippen LogP contribution in [0.3, 0.4) is 0 Å². The lowest BCUT2D eigenvalue weighted by Crippen LogP contribution is -2.34. The lowest BCUT2D eigenvalue weighted by molar-refractivity contribution is 0.571. The van der Waals surface area contributed by atoms with Crippen molar-refractivity contribution < 1.29 is 8.42 Å². The highest BCUT2D eigenvalue weighted by atomic mass is 32.2. The van der Waals surface area contributed by atoms with Crippen molar-refractivity contribution in [2.45, 2.75) is 30.7 Å². The highest BCUT2D eigenvalue weighted by molar-refractivity contribution is 7.98. The zero-order chi connectivity index (χ0) is 13.9. The SMILES string of the molecule is CSCC(C)NS(=O)(=O)c1ccc2c(c1)NCCC2. The van der Waals surface area contributed by atoms with Gasteiger partial charge in [0.1, 0.15) is 0 Å². The van der Waals surface area contributed by atoms with Crippen molar-refractivity contribution in [2.75, 3.05) is 23.9 Å². The lowest BCUT2D eigenvalue weighted by atomic mass is 10.0. The van der Waals surface area contributed by atoms with Crippen molar-refractivity contribution in [2.24, 2.45) is 0 Å². The molecule has 1 heterocycles. The van der Waals surface area contributed by atoms with Crippen LogP contribution in [0.2, 0.25) is 0 Å². The fraction of sp³-hybridized carbons (Fsp3) is 0.538. The minimum absolute atomic E-state index is 0.0657. The third-order valence-corrected chi connectivity index (χ3v) is 5.52. The Hall–Kier alpha value is -0.720. The van der Waals surface area contributed by atoms with Crippen LogP contribution >= 0.6 is 11.8 Å². The van der Waals surface area contributed by atoms with Crippen LogP contribution in [0.1, 0.15) is 18.9 Å². The predicted molar refractivity (Wildman–Crippen MR) is 81.4 cm³/mol. The fourth-order valence-corrected chi connectivity index (χ4v) is 4.18. The average molecular weight is 300 g/mol. The number of anilines is 1. The predicted octanol–water partition coefficient (Wildman–Crippen LogP) is 2.07. The van der Waals surface area contributed by atoms with Gasteiger partial charge in [0.15, 0.2) is 0 Å². The van der Waals surface area contributed by atoms with Gasteiger partial charge >= 0.3 is 0 Å². The van der Waals surface area contributed by atoms with E-state index in [2.05, 4.69) is 10.0 Å². The third kappa shape index (κ3) is 3.64. The second-order valence-electron chi connectivity index (χ2n) is 4.83. The highest BCUT2D eigenvalue weighted by Crippen LogP contribution is 2.25. The van der Waals surface area contributed by atoms with Gasteiger partial charge in [0.2, 0.25) is 10.0 Å². The topological polar surface area (TPSA) is 58.2 Å². The van der Waals surface area contributed by atoms with Crippen LogP contribution < -0.4 is 10.0 Å². The van der Waals surface area contributed by atoms with Gasteiger partial charge in [-0.25, -0.2) is 13.1 Å². The Bertz CT molecular complexity index is 544. The number of hydrogen-bond donors (Lipinski definition) is 2. The maximum Gasteiger partial charge on any atom is 0.240 e. The summed E-state index contributed by atoms with van der Waals surface area (Å²) in [4.78, 5) is 0.341. The molecule has 0 radical (unpaired) electrons. The van der Waals surface area contributed by atoms with Crippen LogP contribution in [0.4, 0.5) is 5.69 Å². The van der Waals surface area contributed by atoms with E-state index in [4.69, 9.17) is 0 Å². The van der Waals surface area contributed by atoms with Crippen molar-refractivity contribution in [3.8, 4) is 0 Å². The molecule has 2 N–H and O–H groups in total. The zero-order valence-electron chi connectivity index (χ0n) is 11.3. The molecule has 19 heavy (non-hydrogen) atoms. The lowest BCUT2D eigenvalue weighted by Gasteiger charge is -2.19. The molecule has 0 amide bonds. The van der Waals surface area contributed by atoms with Gasteiger partial charge < -0.3 is 5.32 Å².